The molecular formula is C13H20O2. The molecule has 0 aliphatic heterocycles. The van der Waals surface area contributed by atoms with Crippen molar-refractivity contribution < 1.29 is 9.21 Å². The van der Waals surface area contributed by atoms with Crippen LogP contribution >= 0.6 is 0 Å². The predicted molar refractivity (Wildman–Crippen MR) is 61.4 cm³/mol. The Morgan fingerprint density at radius 1 is 1.13 bits per heavy atom. The van der Waals surface area contributed by atoms with E-state index in [1.165, 1.54) is 0 Å². The zero-order chi connectivity index (χ0) is 11.4. The van der Waals surface area contributed by atoms with E-state index >= 15 is 0 Å². The Balaban J connectivity index is 2.73. The van der Waals surface area contributed by atoms with Gasteiger partial charge in [0.1, 0.15) is 11.5 Å². The van der Waals surface area contributed by atoms with Crippen molar-refractivity contribution in [1.82, 2.24) is 0 Å². The Morgan fingerprint density at radius 2 is 1.80 bits per heavy atom. The molecule has 0 bridgehead atoms. The molecule has 0 aliphatic carbocycles. The van der Waals surface area contributed by atoms with Crippen LogP contribution in [0.25, 0.3) is 0 Å². The van der Waals surface area contributed by atoms with E-state index < -0.39 is 0 Å². The summed E-state index contributed by atoms with van der Waals surface area (Å²) in [4.78, 5) is 11.9. The van der Waals surface area contributed by atoms with E-state index in [-0.39, 0.29) is 5.78 Å². The Morgan fingerprint density at radius 3 is 2.27 bits per heavy atom. The van der Waals surface area contributed by atoms with Crippen LogP contribution in [0.4, 0.5) is 0 Å². The molecule has 1 aromatic heterocycles. The van der Waals surface area contributed by atoms with Gasteiger partial charge in [-0.05, 0) is 27.2 Å². The normalized spacial score (nSPS) is 10.7. The average molecular weight is 208 g/mol. The Kier molecular flexibility index (Phi) is 4.13. The van der Waals surface area contributed by atoms with Crippen molar-refractivity contribution >= 4 is 5.78 Å². The summed E-state index contributed by atoms with van der Waals surface area (Å²) in [5.74, 6) is 1.87. The second kappa shape index (κ2) is 5.15. The molecule has 2 nitrogen and oxygen atoms in total. The van der Waals surface area contributed by atoms with Crippen LogP contribution in [0.15, 0.2) is 4.42 Å². The monoisotopic (exact) mass is 208 g/mol. The van der Waals surface area contributed by atoms with Crippen LogP contribution in [0, 0.1) is 20.8 Å². The molecule has 0 aromatic carbocycles. The molecule has 0 fully saturated rings. The molecule has 2 heteroatoms. The minimum absolute atomic E-state index is 0.232. The third kappa shape index (κ3) is 2.71. The number of aryl methyl sites for hydroxylation is 2. The molecule has 84 valence electrons. The lowest BCUT2D eigenvalue weighted by molar-refractivity contribution is 0.0977. The van der Waals surface area contributed by atoms with Crippen molar-refractivity contribution in [2.24, 2.45) is 0 Å². The van der Waals surface area contributed by atoms with Crippen molar-refractivity contribution in [1.29, 1.82) is 0 Å². The van der Waals surface area contributed by atoms with Crippen molar-refractivity contribution in [2.75, 3.05) is 0 Å². The van der Waals surface area contributed by atoms with E-state index in [1.54, 1.807) is 0 Å². The summed E-state index contributed by atoms with van der Waals surface area (Å²) in [6.45, 7) is 7.88. The van der Waals surface area contributed by atoms with Gasteiger partial charge in [-0.25, -0.2) is 0 Å². The maximum atomic E-state index is 11.9. The van der Waals surface area contributed by atoms with Crippen molar-refractivity contribution in [3.63, 3.8) is 0 Å². The summed E-state index contributed by atoms with van der Waals surface area (Å²) in [7, 11) is 0. The van der Waals surface area contributed by atoms with Crippen LogP contribution in [0.2, 0.25) is 0 Å². The number of ketones is 1. The van der Waals surface area contributed by atoms with E-state index in [1.807, 2.05) is 20.8 Å². The van der Waals surface area contributed by atoms with Gasteiger partial charge in [-0.2, -0.15) is 0 Å². The lowest BCUT2D eigenvalue weighted by Crippen LogP contribution is -2.01. The lowest BCUT2D eigenvalue weighted by Gasteiger charge is -2.00. The molecule has 0 saturated heterocycles. The molecule has 0 N–H and O–H groups in total. The zero-order valence-electron chi connectivity index (χ0n) is 10.1. The molecule has 1 rings (SSSR count). The van der Waals surface area contributed by atoms with E-state index in [9.17, 15) is 4.79 Å². The Hall–Kier alpha value is -1.05. The molecule has 1 heterocycles. The standard InChI is InChI=1S/C13H20O2/c1-5-6-7-8-12(14)13-9(2)10(3)15-11(13)4/h5-8H2,1-4H3. The van der Waals surface area contributed by atoms with Crippen LogP contribution in [0.1, 0.15) is 60.0 Å². The molecule has 0 unspecified atom stereocenters. The molecular weight excluding hydrogens is 188 g/mol. The van der Waals surface area contributed by atoms with E-state index in [0.29, 0.717) is 6.42 Å². The first kappa shape index (κ1) is 12.0. The molecule has 0 spiro atoms. The van der Waals surface area contributed by atoms with Crippen LogP contribution in [0.3, 0.4) is 0 Å². The Labute approximate surface area is 91.7 Å². The number of rotatable bonds is 5. The first-order valence-electron chi connectivity index (χ1n) is 5.67. The summed E-state index contributed by atoms with van der Waals surface area (Å²) >= 11 is 0. The smallest absolute Gasteiger partial charge is 0.166 e. The minimum atomic E-state index is 0.232. The van der Waals surface area contributed by atoms with Gasteiger partial charge in [0.2, 0.25) is 0 Å². The average Bonchev–Trinajstić information content (AvgIpc) is 2.41. The Bertz CT molecular complexity index is 348. The van der Waals surface area contributed by atoms with Gasteiger partial charge < -0.3 is 4.42 Å². The second-order valence-electron chi connectivity index (χ2n) is 4.09. The number of hydrogen-bond donors (Lipinski definition) is 0. The molecule has 1 aromatic rings. The highest BCUT2D eigenvalue weighted by molar-refractivity contribution is 5.98. The maximum Gasteiger partial charge on any atom is 0.166 e. The molecule has 0 saturated carbocycles. The fraction of sp³-hybridized carbons (Fsp3) is 0.615. The molecule has 0 radical (unpaired) electrons. The SMILES string of the molecule is CCCCCC(=O)c1c(C)oc(C)c1C. The molecule has 0 atom stereocenters. The van der Waals surface area contributed by atoms with Crippen LogP contribution in [-0.2, 0) is 0 Å². The number of hydrogen-bond acceptors (Lipinski definition) is 2. The molecule has 0 aliphatic rings. The van der Waals surface area contributed by atoms with Gasteiger partial charge in [-0.15, -0.1) is 0 Å². The summed E-state index contributed by atoms with van der Waals surface area (Å²) in [5, 5.41) is 0. The number of carbonyl (C=O) groups is 1. The van der Waals surface area contributed by atoms with Crippen LogP contribution < -0.4 is 0 Å². The number of Topliss-reactive ketones (excluding diaryl/α,β-unsaturated/α-hetero) is 1. The maximum absolute atomic E-state index is 11.9. The van der Waals surface area contributed by atoms with Crippen molar-refractivity contribution in [3.8, 4) is 0 Å². The number of carbonyl (C=O) groups excluding carboxylic acids is 1. The van der Waals surface area contributed by atoms with Crippen LogP contribution in [0.5, 0.6) is 0 Å². The summed E-state index contributed by atoms with van der Waals surface area (Å²) < 4.78 is 5.45. The molecule has 0 amide bonds. The highest BCUT2D eigenvalue weighted by atomic mass is 16.3. The first-order chi connectivity index (χ1) is 7.07. The highest BCUT2D eigenvalue weighted by Crippen LogP contribution is 2.22. The van der Waals surface area contributed by atoms with E-state index in [4.69, 9.17) is 4.42 Å². The lowest BCUT2D eigenvalue weighted by atomic mass is 10.0. The highest BCUT2D eigenvalue weighted by Gasteiger charge is 2.17. The number of unbranched alkanes of at least 4 members (excludes halogenated alkanes) is 2. The van der Waals surface area contributed by atoms with Gasteiger partial charge >= 0.3 is 0 Å². The second-order valence-corrected chi connectivity index (χ2v) is 4.09. The fourth-order valence-corrected chi connectivity index (χ4v) is 1.86. The van der Waals surface area contributed by atoms with Gasteiger partial charge in [-0.1, -0.05) is 19.8 Å². The van der Waals surface area contributed by atoms with Gasteiger partial charge in [0.25, 0.3) is 0 Å². The largest absolute Gasteiger partial charge is 0.466 e. The quantitative estimate of drug-likeness (QED) is 0.541. The molecule has 15 heavy (non-hydrogen) atoms. The summed E-state index contributed by atoms with van der Waals surface area (Å²) in [5.41, 5.74) is 1.82. The number of furan rings is 1. The van der Waals surface area contributed by atoms with Gasteiger partial charge in [0.15, 0.2) is 5.78 Å². The summed E-state index contributed by atoms with van der Waals surface area (Å²) in [6.07, 6.45) is 3.91. The van der Waals surface area contributed by atoms with Gasteiger partial charge in [0.05, 0.1) is 5.56 Å². The predicted octanol–water partition coefficient (Wildman–Crippen LogP) is 3.97. The van der Waals surface area contributed by atoms with E-state index in [2.05, 4.69) is 6.92 Å². The van der Waals surface area contributed by atoms with Crippen molar-refractivity contribution in [3.05, 3.63) is 22.6 Å². The summed E-state index contributed by atoms with van der Waals surface area (Å²) in [6, 6.07) is 0. The third-order valence-corrected chi connectivity index (χ3v) is 2.85. The zero-order valence-corrected chi connectivity index (χ0v) is 10.1. The van der Waals surface area contributed by atoms with Gasteiger partial charge in [-0.3, -0.25) is 4.79 Å². The minimum Gasteiger partial charge on any atom is -0.466 e. The van der Waals surface area contributed by atoms with E-state index in [0.717, 1.165) is 41.9 Å². The van der Waals surface area contributed by atoms with Gasteiger partial charge in [0, 0.05) is 12.0 Å². The first-order valence-corrected chi connectivity index (χ1v) is 5.67. The fourth-order valence-electron chi connectivity index (χ4n) is 1.86. The van der Waals surface area contributed by atoms with Crippen LogP contribution in [-0.4, -0.2) is 5.78 Å². The van der Waals surface area contributed by atoms with Crippen molar-refractivity contribution in [2.45, 2.75) is 53.4 Å². The third-order valence-electron chi connectivity index (χ3n) is 2.85. The topological polar surface area (TPSA) is 30.2 Å².